The Hall–Kier alpha value is -2.59. The van der Waals surface area contributed by atoms with Crippen molar-refractivity contribution in [3.05, 3.63) is 63.0 Å². The molecule has 8 nitrogen and oxygen atoms in total. The molecule has 0 amide bonds. The van der Waals surface area contributed by atoms with Crippen LogP contribution in [-0.2, 0) is 16.6 Å². The third kappa shape index (κ3) is 4.33. The Morgan fingerprint density at radius 3 is 2.45 bits per heavy atom. The summed E-state index contributed by atoms with van der Waals surface area (Å²) in [4.78, 5) is 14.4. The van der Waals surface area contributed by atoms with Crippen molar-refractivity contribution in [3.8, 4) is 11.5 Å². The monoisotopic (exact) mass is 490 g/mol. The van der Waals surface area contributed by atoms with Gasteiger partial charge in [0.05, 0.1) is 4.90 Å². The van der Waals surface area contributed by atoms with E-state index in [4.69, 9.17) is 25.5 Å². The lowest BCUT2D eigenvalue weighted by molar-refractivity contribution is 0.170. The van der Waals surface area contributed by atoms with Crippen molar-refractivity contribution in [1.82, 2.24) is 9.21 Å². The maximum absolute atomic E-state index is 13.2. The van der Waals surface area contributed by atoms with Crippen LogP contribution in [0.4, 0.5) is 0 Å². The van der Waals surface area contributed by atoms with Crippen LogP contribution in [-0.4, -0.2) is 57.0 Å². The largest absolute Gasteiger partial charge is 0.486 e. The molecular formula is C23H23ClN2O6S. The first-order valence-electron chi connectivity index (χ1n) is 10.7. The number of hydrogen-bond donors (Lipinski definition) is 0. The number of aryl methyl sites for hydroxylation is 1. The molecule has 0 N–H and O–H groups in total. The van der Waals surface area contributed by atoms with E-state index in [9.17, 15) is 13.2 Å². The summed E-state index contributed by atoms with van der Waals surface area (Å²) >= 11 is 6.29. The Morgan fingerprint density at radius 2 is 1.70 bits per heavy atom. The van der Waals surface area contributed by atoms with Crippen LogP contribution >= 0.6 is 11.6 Å². The molecule has 1 fully saturated rings. The Kier molecular flexibility index (Phi) is 5.82. The lowest BCUT2D eigenvalue weighted by Crippen LogP contribution is -2.48. The molecule has 2 aliphatic rings. The van der Waals surface area contributed by atoms with E-state index in [0.29, 0.717) is 68.0 Å². The highest BCUT2D eigenvalue weighted by molar-refractivity contribution is 7.89. The molecule has 0 bridgehead atoms. The molecule has 3 heterocycles. The minimum absolute atomic E-state index is 0.192. The smallest absolute Gasteiger partial charge is 0.336 e. The van der Waals surface area contributed by atoms with E-state index in [1.54, 1.807) is 18.2 Å². The fourth-order valence-electron chi connectivity index (χ4n) is 4.18. The molecule has 0 unspecified atom stereocenters. The van der Waals surface area contributed by atoms with Crippen molar-refractivity contribution in [2.45, 2.75) is 18.4 Å². The molecule has 10 heteroatoms. The zero-order valence-electron chi connectivity index (χ0n) is 18.0. The molecule has 0 atom stereocenters. The van der Waals surface area contributed by atoms with E-state index in [0.717, 1.165) is 16.5 Å². The molecule has 2 aliphatic heterocycles. The fraction of sp³-hybridized carbons (Fsp3) is 0.348. The zero-order chi connectivity index (χ0) is 23.2. The molecular weight excluding hydrogens is 468 g/mol. The lowest BCUT2D eigenvalue weighted by Gasteiger charge is -2.34. The van der Waals surface area contributed by atoms with Gasteiger partial charge in [-0.1, -0.05) is 11.6 Å². The Labute approximate surface area is 196 Å². The Bertz CT molecular complexity index is 1380. The van der Waals surface area contributed by atoms with Gasteiger partial charge in [0.1, 0.15) is 18.8 Å². The van der Waals surface area contributed by atoms with Gasteiger partial charge in [-0.3, -0.25) is 4.90 Å². The van der Waals surface area contributed by atoms with E-state index >= 15 is 0 Å². The van der Waals surface area contributed by atoms with Gasteiger partial charge in [-0.2, -0.15) is 4.31 Å². The number of fused-ring (bicyclic) bond motifs is 2. The van der Waals surface area contributed by atoms with E-state index in [-0.39, 0.29) is 4.90 Å². The zero-order valence-corrected chi connectivity index (χ0v) is 19.6. The summed E-state index contributed by atoms with van der Waals surface area (Å²) in [6.45, 7) is 4.95. The fourth-order valence-corrected chi connectivity index (χ4v) is 5.78. The molecule has 1 aromatic heterocycles. The standard InChI is InChI=1S/C23H23ClN2O6S/c1-15-10-21-18(13-19(15)24)16(11-23(27)32-21)14-25-4-6-26(7-5-25)33(28,29)17-2-3-20-22(12-17)31-9-8-30-20/h2-3,10-13H,4-9,14H2,1H3. The summed E-state index contributed by atoms with van der Waals surface area (Å²) in [6, 6.07) is 9.77. The molecule has 1 saturated heterocycles. The van der Waals surface area contributed by atoms with E-state index in [1.807, 2.05) is 13.0 Å². The van der Waals surface area contributed by atoms with Crippen molar-refractivity contribution in [1.29, 1.82) is 0 Å². The van der Waals surface area contributed by atoms with Crippen LogP contribution in [0, 0.1) is 6.92 Å². The van der Waals surface area contributed by atoms with Gasteiger partial charge in [0.25, 0.3) is 0 Å². The number of nitrogens with zero attached hydrogens (tertiary/aromatic N) is 2. The second kappa shape index (κ2) is 8.64. The van der Waals surface area contributed by atoms with Gasteiger partial charge in [0.2, 0.25) is 10.0 Å². The van der Waals surface area contributed by atoms with Gasteiger partial charge in [0, 0.05) is 55.3 Å². The maximum Gasteiger partial charge on any atom is 0.336 e. The predicted molar refractivity (Wildman–Crippen MR) is 124 cm³/mol. The van der Waals surface area contributed by atoms with E-state index in [1.165, 1.54) is 16.4 Å². The molecule has 174 valence electrons. The number of piperazine rings is 1. The summed E-state index contributed by atoms with van der Waals surface area (Å²) in [5.74, 6) is 1.00. The topological polar surface area (TPSA) is 89.3 Å². The Morgan fingerprint density at radius 1 is 0.970 bits per heavy atom. The normalized spacial score (nSPS) is 17.4. The van der Waals surface area contributed by atoms with Gasteiger partial charge < -0.3 is 13.9 Å². The van der Waals surface area contributed by atoms with Crippen LogP contribution in [0.1, 0.15) is 11.1 Å². The first kappa shape index (κ1) is 22.2. The third-order valence-electron chi connectivity index (χ3n) is 5.99. The van der Waals surface area contributed by atoms with Crippen molar-refractivity contribution < 1.29 is 22.3 Å². The maximum atomic E-state index is 13.2. The summed E-state index contributed by atoms with van der Waals surface area (Å²) < 4.78 is 44.2. The van der Waals surface area contributed by atoms with Gasteiger partial charge in [-0.25, -0.2) is 13.2 Å². The number of rotatable bonds is 4. The first-order valence-corrected chi connectivity index (χ1v) is 12.5. The highest BCUT2D eigenvalue weighted by Crippen LogP contribution is 2.33. The third-order valence-corrected chi connectivity index (χ3v) is 8.29. The molecule has 2 aromatic carbocycles. The lowest BCUT2D eigenvalue weighted by atomic mass is 10.1. The minimum atomic E-state index is -3.65. The second-order valence-corrected chi connectivity index (χ2v) is 10.5. The SMILES string of the molecule is Cc1cc2oc(=O)cc(CN3CCN(S(=O)(=O)c4ccc5c(c4)OCCO5)CC3)c2cc1Cl. The van der Waals surface area contributed by atoms with Crippen LogP contribution in [0.15, 0.2) is 50.5 Å². The van der Waals surface area contributed by atoms with Crippen molar-refractivity contribution in [2.75, 3.05) is 39.4 Å². The number of sulfonamides is 1. The molecule has 0 radical (unpaired) electrons. The number of benzene rings is 2. The van der Waals surface area contributed by atoms with Crippen molar-refractivity contribution in [2.24, 2.45) is 0 Å². The van der Waals surface area contributed by atoms with E-state index in [2.05, 4.69) is 4.90 Å². The van der Waals surface area contributed by atoms with Gasteiger partial charge >= 0.3 is 5.63 Å². The first-order chi connectivity index (χ1) is 15.8. The summed E-state index contributed by atoms with van der Waals surface area (Å²) in [7, 11) is -3.65. The van der Waals surface area contributed by atoms with Gasteiger partial charge in [-0.05, 0) is 42.3 Å². The molecule has 5 rings (SSSR count). The number of hydrogen-bond acceptors (Lipinski definition) is 7. The van der Waals surface area contributed by atoms with E-state index < -0.39 is 15.6 Å². The average Bonchev–Trinajstić information content (AvgIpc) is 2.80. The van der Waals surface area contributed by atoms with Crippen molar-refractivity contribution in [3.63, 3.8) is 0 Å². The van der Waals surface area contributed by atoms with Gasteiger partial charge in [-0.15, -0.1) is 0 Å². The summed E-state index contributed by atoms with van der Waals surface area (Å²) in [5, 5.41) is 1.39. The van der Waals surface area contributed by atoms with Crippen LogP contribution in [0.5, 0.6) is 11.5 Å². The molecule has 0 spiro atoms. The Balaban J connectivity index is 1.32. The quantitative estimate of drug-likeness (QED) is 0.519. The van der Waals surface area contributed by atoms with Gasteiger partial charge in [0.15, 0.2) is 11.5 Å². The molecule has 3 aromatic rings. The average molecular weight is 491 g/mol. The second-order valence-electron chi connectivity index (χ2n) is 8.17. The van der Waals surface area contributed by atoms with Crippen LogP contribution in [0.3, 0.4) is 0 Å². The number of ether oxygens (including phenoxy) is 2. The highest BCUT2D eigenvalue weighted by Gasteiger charge is 2.30. The molecule has 0 aliphatic carbocycles. The molecule has 0 saturated carbocycles. The van der Waals surface area contributed by atoms with Crippen LogP contribution in [0.25, 0.3) is 11.0 Å². The predicted octanol–water partition coefficient (Wildman–Crippen LogP) is 3.03. The van der Waals surface area contributed by atoms with Crippen LogP contribution < -0.4 is 15.1 Å². The van der Waals surface area contributed by atoms with Crippen LogP contribution in [0.2, 0.25) is 5.02 Å². The summed E-state index contributed by atoms with van der Waals surface area (Å²) in [5.41, 5.74) is 1.73. The summed E-state index contributed by atoms with van der Waals surface area (Å²) in [6.07, 6.45) is 0. The highest BCUT2D eigenvalue weighted by atomic mass is 35.5. The minimum Gasteiger partial charge on any atom is -0.486 e. The molecule has 33 heavy (non-hydrogen) atoms. The number of halogens is 1. The van der Waals surface area contributed by atoms with Crippen molar-refractivity contribution >= 4 is 32.6 Å².